The smallest absolute Gasteiger partial charge is 0.390 e. The zero-order valence-electron chi connectivity index (χ0n) is 40.7. The third kappa shape index (κ3) is 15.0. The second-order valence-electron chi connectivity index (χ2n) is 18.3. The molecule has 5 atom stereocenters. The number of allylic oxidation sites excluding steroid dienone is 4. The van der Waals surface area contributed by atoms with E-state index in [0.29, 0.717) is 43.7 Å². The average Bonchev–Trinajstić information content (AvgIpc) is 3.83. The van der Waals surface area contributed by atoms with Gasteiger partial charge in [-0.05, 0) is 75.6 Å². The Morgan fingerprint density at radius 3 is 2.23 bits per heavy atom. The first-order valence-corrected chi connectivity index (χ1v) is 32.5. The lowest BCUT2D eigenvalue weighted by Crippen LogP contribution is -2.33. The SMILES string of the molecule is CCN1/C(=C\C=C\C2=[N+](CCCCCC(=O)NCCSSc3cn([C@H]4C[C@H](O)[C@@H](COP(=O)(O)OP(=O)(O)OP(=O)(O)O)O4)c(=O)[nH]c3=O)c3ccc(S(=O)(=O)O)cc3C2(C)C)C(C)(C)c2cc(S(=O)(=O)O)ccc21. The minimum Gasteiger partial charge on any atom is -0.390 e. The molecule has 1 fully saturated rings. The van der Waals surface area contributed by atoms with Crippen molar-refractivity contribution in [2.45, 2.75) is 111 Å². The van der Waals surface area contributed by atoms with E-state index >= 15 is 0 Å². The molecule has 26 nitrogen and oxygen atoms in total. The number of phosphoric acid groups is 3. The summed E-state index contributed by atoms with van der Waals surface area (Å²) in [6.07, 6.45) is 4.57. The highest BCUT2D eigenvalue weighted by molar-refractivity contribution is 8.76. The van der Waals surface area contributed by atoms with Crippen molar-refractivity contribution in [1.29, 1.82) is 0 Å². The lowest BCUT2D eigenvalue weighted by Gasteiger charge is -2.25. The minimum atomic E-state index is -5.79. The highest BCUT2D eigenvalue weighted by atomic mass is 33.1. The summed E-state index contributed by atoms with van der Waals surface area (Å²) in [6, 6.07) is 8.99. The summed E-state index contributed by atoms with van der Waals surface area (Å²) in [7, 11) is -23.7. The number of hydrogen-bond acceptors (Lipinski definition) is 18. The molecule has 1 aromatic heterocycles. The van der Waals surface area contributed by atoms with Crippen molar-refractivity contribution in [1.82, 2.24) is 14.9 Å². The Hall–Kier alpha value is -3.61. The van der Waals surface area contributed by atoms with Gasteiger partial charge < -0.3 is 39.6 Å². The number of fused-ring (bicyclic) bond motifs is 2. The number of aliphatic hydroxyl groups is 1. The van der Waals surface area contributed by atoms with E-state index in [0.717, 1.165) is 49.9 Å². The van der Waals surface area contributed by atoms with E-state index in [-0.39, 0.29) is 40.0 Å². The lowest BCUT2D eigenvalue weighted by molar-refractivity contribution is -0.438. The normalized spacial score (nSPS) is 21.6. The van der Waals surface area contributed by atoms with Crippen molar-refractivity contribution in [2.75, 3.05) is 36.9 Å². The van der Waals surface area contributed by atoms with Gasteiger partial charge in [-0.1, -0.05) is 41.5 Å². The third-order valence-corrected chi connectivity index (χ3v) is 20.2. The van der Waals surface area contributed by atoms with Crippen LogP contribution in [0.3, 0.4) is 0 Å². The number of rotatable bonds is 24. The Balaban J connectivity index is 1.01. The molecule has 33 heteroatoms. The summed E-state index contributed by atoms with van der Waals surface area (Å²) < 4.78 is 123. The van der Waals surface area contributed by atoms with Gasteiger partial charge in [0.2, 0.25) is 11.6 Å². The number of phosphoric ester groups is 1. The Kier molecular flexibility index (Phi) is 18.9. The topological polar surface area (TPSA) is 388 Å². The summed E-state index contributed by atoms with van der Waals surface area (Å²) in [5, 5.41) is 13.3. The first kappa shape index (κ1) is 60.6. The van der Waals surface area contributed by atoms with Gasteiger partial charge in [0.05, 0.1) is 32.8 Å². The quantitative estimate of drug-likeness (QED) is 0.0192. The maximum atomic E-state index is 12.8. The minimum absolute atomic E-state index is 0.0440. The maximum absolute atomic E-state index is 12.8. The third-order valence-electron chi connectivity index (χ3n) is 12.4. The molecule has 2 unspecified atom stereocenters. The Morgan fingerprint density at radius 1 is 0.933 bits per heavy atom. The molecule has 0 bridgehead atoms. The van der Waals surface area contributed by atoms with Crippen LogP contribution in [0.1, 0.15) is 84.1 Å². The van der Waals surface area contributed by atoms with E-state index in [4.69, 9.17) is 14.5 Å². The molecule has 0 saturated carbocycles. The molecule has 0 radical (unpaired) electrons. The van der Waals surface area contributed by atoms with E-state index in [2.05, 4.69) is 32.9 Å². The number of amides is 1. The van der Waals surface area contributed by atoms with Gasteiger partial charge in [-0.15, -0.1) is 0 Å². The molecule has 0 spiro atoms. The number of hydrogen-bond donors (Lipinski definition) is 9. The number of ether oxygens (including phenoxy) is 1. The number of nitrogens with zero attached hydrogens (tertiary/aromatic N) is 3. The number of benzene rings is 2. The molecule has 6 rings (SSSR count). The number of H-pyrrole nitrogens is 1. The van der Waals surface area contributed by atoms with Crippen LogP contribution in [-0.4, -0.2) is 121 Å². The summed E-state index contributed by atoms with van der Waals surface area (Å²) in [5.41, 5.74) is 1.66. The van der Waals surface area contributed by atoms with E-state index in [1.54, 1.807) is 12.1 Å². The number of likely N-dealkylation sites (N-methyl/N-ethyl adjacent to an activating group) is 1. The van der Waals surface area contributed by atoms with Crippen LogP contribution in [0.4, 0.5) is 11.4 Å². The van der Waals surface area contributed by atoms with Crippen LogP contribution in [0.25, 0.3) is 0 Å². The van der Waals surface area contributed by atoms with Gasteiger partial charge >= 0.3 is 29.2 Å². The van der Waals surface area contributed by atoms with Crippen molar-refractivity contribution in [2.24, 2.45) is 0 Å². The van der Waals surface area contributed by atoms with Crippen LogP contribution in [0.5, 0.6) is 0 Å². The fourth-order valence-electron chi connectivity index (χ4n) is 8.85. The first-order chi connectivity index (χ1) is 34.6. The van der Waals surface area contributed by atoms with Crippen LogP contribution in [0.15, 0.2) is 90.8 Å². The molecule has 0 aliphatic carbocycles. The van der Waals surface area contributed by atoms with Crippen molar-refractivity contribution < 1.29 is 91.6 Å². The molecule has 1 amide bonds. The first-order valence-electron chi connectivity index (χ1n) is 22.7. The standard InChI is InChI=1S/C42H56N5O21P3S4/c1-6-45-30-16-14-26(74(59,60)61)21-28(30)41(2,3)35(45)11-10-12-36-42(4,5)29-22-27(75(62,63)64)15-17-31(29)46(36)19-9-7-8-13-37(49)43-18-20-72-73-34-24-47(40(51)44-39(34)50)38-23-32(48)33(66-38)25-65-70(55,56)68-71(57,58)67-69(52,53)54/h10-12,14-17,21-22,24,32-33,38,48H,6-9,13,18-20,23,25H2,1-5H3,(H7-,43,44,49,50,51,52,53,54,55,56,57,58,59,60,61,62,63,64)/p+1/t32-,33+,38+/m0/s1. The number of anilines is 1. The Bertz CT molecular complexity index is 3300. The number of unbranched alkanes of at least 4 members (excludes halogenated alkanes) is 2. The zero-order chi connectivity index (χ0) is 55.7. The molecular formula is C42H57N5O21P3S4+. The van der Waals surface area contributed by atoms with Crippen LogP contribution < -0.4 is 21.5 Å². The summed E-state index contributed by atoms with van der Waals surface area (Å²) in [5.74, 6) is 0.116. The van der Waals surface area contributed by atoms with Crippen molar-refractivity contribution in [3.8, 4) is 0 Å². The van der Waals surface area contributed by atoms with Crippen molar-refractivity contribution >= 4 is 88.3 Å². The highest BCUT2D eigenvalue weighted by Gasteiger charge is 2.46. The van der Waals surface area contributed by atoms with Crippen molar-refractivity contribution in [3.63, 3.8) is 0 Å². The summed E-state index contributed by atoms with van der Waals surface area (Å²) in [6.45, 7) is 10.1. The van der Waals surface area contributed by atoms with Crippen LogP contribution in [-0.2, 0) is 67.4 Å². The van der Waals surface area contributed by atoms with Crippen molar-refractivity contribution in [3.05, 3.63) is 98.5 Å². The highest BCUT2D eigenvalue weighted by Crippen LogP contribution is 2.66. The molecular weight excluding hydrogens is 1130 g/mol. The zero-order valence-corrected chi connectivity index (χ0v) is 46.7. The molecule has 3 aliphatic rings. The number of aromatic amines is 1. The molecule has 1 saturated heterocycles. The van der Waals surface area contributed by atoms with Gasteiger partial charge in [0, 0.05) is 78.8 Å². The Labute approximate surface area is 438 Å². The molecule has 2 aromatic carbocycles. The van der Waals surface area contributed by atoms with E-state index in [1.807, 2.05) is 52.8 Å². The van der Waals surface area contributed by atoms with Gasteiger partial charge in [0.15, 0.2) is 5.71 Å². The predicted octanol–water partition coefficient (Wildman–Crippen LogP) is 4.77. The lowest BCUT2D eigenvalue weighted by atomic mass is 9.81. The number of aliphatic hydroxyl groups excluding tert-OH is 1. The maximum Gasteiger partial charge on any atom is 0.490 e. The molecule has 3 aliphatic heterocycles. The van der Waals surface area contributed by atoms with E-state index in [1.165, 1.54) is 35.1 Å². The molecule has 3 aromatic rings. The average molecular weight is 1190 g/mol. The van der Waals surface area contributed by atoms with Crippen LogP contribution >= 0.6 is 45.1 Å². The fraction of sp³-hybridized carbons (Fsp3) is 0.476. The second kappa shape index (κ2) is 23.4. The van der Waals surface area contributed by atoms with Gasteiger partial charge in [0.1, 0.15) is 18.9 Å². The fourth-order valence-corrected chi connectivity index (χ4v) is 14.8. The van der Waals surface area contributed by atoms with E-state index < -0.39 is 90.8 Å². The molecule has 75 heavy (non-hydrogen) atoms. The van der Waals surface area contributed by atoms with E-state index in [9.17, 15) is 68.9 Å². The predicted molar refractivity (Wildman–Crippen MR) is 274 cm³/mol. The van der Waals surface area contributed by atoms with Gasteiger partial charge in [-0.25, -0.2) is 18.5 Å². The van der Waals surface area contributed by atoms with Gasteiger partial charge in [-0.3, -0.25) is 32.8 Å². The molecule has 414 valence electrons. The number of nitrogens with one attached hydrogen (secondary N) is 2. The van der Waals surface area contributed by atoms with Gasteiger partial charge in [0.25, 0.3) is 25.8 Å². The van der Waals surface area contributed by atoms with Crippen LogP contribution in [0, 0.1) is 0 Å². The summed E-state index contributed by atoms with van der Waals surface area (Å²) >= 11 is 0. The van der Waals surface area contributed by atoms with Crippen LogP contribution in [0.2, 0.25) is 0 Å². The number of carbonyl (C=O) groups is 1. The van der Waals surface area contributed by atoms with Gasteiger partial charge in [-0.2, -0.15) is 30.0 Å². The second-order valence-corrected chi connectivity index (χ2v) is 28.0. The molecule has 4 heterocycles. The monoisotopic (exact) mass is 1190 g/mol. The number of aromatic nitrogens is 2. The Morgan fingerprint density at radius 2 is 1.59 bits per heavy atom. The summed E-state index contributed by atoms with van der Waals surface area (Å²) in [4.78, 5) is 78.4. The largest absolute Gasteiger partial charge is 0.490 e. The number of carbonyl (C=O) groups excluding carboxylic acids is 1. The molecule has 9 N–H and O–H groups in total.